The Bertz CT molecular complexity index is 475. The van der Waals surface area contributed by atoms with Gasteiger partial charge in [-0.05, 0) is 31.0 Å². The van der Waals surface area contributed by atoms with Crippen molar-refractivity contribution in [3.8, 4) is 5.75 Å². The summed E-state index contributed by atoms with van der Waals surface area (Å²) in [5.74, 6) is -0.236. The minimum Gasteiger partial charge on any atom is -0.494 e. The van der Waals surface area contributed by atoms with Crippen LogP contribution in [0.5, 0.6) is 5.75 Å². The van der Waals surface area contributed by atoms with E-state index in [1.54, 1.807) is 0 Å². The third-order valence-corrected chi connectivity index (χ3v) is 2.77. The van der Waals surface area contributed by atoms with Gasteiger partial charge in [-0.1, -0.05) is 12.1 Å². The summed E-state index contributed by atoms with van der Waals surface area (Å²) in [6.45, 7) is 2.26. The smallest absolute Gasteiger partial charge is 0.336 e. The molecule has 0 radical (unpaired) electrons. The van der Waals surface area contributed by atoms with Crippen LogP contribution in [0, 0.1) is 6.92 Å². The summed E-state index contributed by atoms with van der Waals surface area (Å²) in [5, 5.41) is 11.8. The lowest BCUT2D eigenvalue weighted by Crippen LogP contribution is -2.37. The van der Waals surface area contributed by atoms with E-state index < -0.39 is 12.1 Å². The number of ether oxygens (including phenoxy) is 2. The fourth-order valence-corrected chi connectivity index (χ4v) is 1.65. The summed E-state index contributed by atoms with van der Waals surface area (Å²) < 4.78 is 9.86. The third-order valence-electron chi connectivity index (χ3n) is 2.77. The fraction of sp³-hybridized carbons (Fsp3) is 0.467. The second kappa shape index (κ2) is 8.97. The number of esters is 1. The van der Waals surface area contributed by atoms with Crippen molar-refractivity contribution in [2.24, 2.45) is 0 Å². The lowest BCUT2D eigenvalue weighted by molar-refractivity contribution is -0.150. The normalized spacial score (nSPS) is 11.6. The average Bonchev–Trinajstić information content (AvgIpc) is 2.48. The van der Waals surface area contributed by atoms with E-state index in [1.165, 1.54) is 7.11 Å². The average molecular weight is 295 g/mol. The zero-order valence-corrected chi connectivity index (χ0v) is 12.3. The molecule has 116 valence electrons. The summed E-state index contributed by atoms with van der Waals surface area (Å²) in [6, 6.07) is 7.67. The van der Waals surface area contributed by atoms with Crippen LogP contribution in [0.25, 0.3) is 0 Å². The van der Waals surface area contributed by atoms with Gasteiger partial charge >= 0.3 is 5.97 Å². The highest BCUT2D eigenvalue weighted by atomic mass is 16.5. The molecule has 0 aromatic heterocycles. The summed E-state index contributed by atoms with van der Waals surface area (Å²) in [5.41, 5.74) is 1.11. The van der Waals surface area contributed by atoms with Crippen LogP contribution in [0.4, 0.5) is 0 Å². The monoisotopic (exact) mass is 295 g/mol. The van der Waals surface area contributed by atoms with E-state index in [9.17, 15) is 14.7 Å². The van der Waals surface area contributed by atoms with Gasteiger partial charge in [-0.15, -0.1) is 0 Å². The fourth-order valence-electron chi connectivity index (χ4n) is 1.65. The number of aliphatic hydroxyl groups is 1. The number of hydrogen-bond acceptors (Lipinski definition) is 5. The van der Waals surface area contributed by atoms with Crippen molar-refractivity contribution in [1.29, 1.82) is 0 Å². The molecule has 0 saturated carbocycles. The first-order chi connectivity index (χ1) is 10.0. The molecule has 1 rings (SSSR count). The molecule has 0 bridgehead atoms. The van der Waals surface area contributed by atoms with Crippen LogP contribution in [0.3, 0.4) is 0 Å². The molecule has 0 aliphatic carbocycles. The predicted octanol–water partition coefficient (Wildman–Crippen LogP) is 0.804. The minimum absolute atomic E-state index is 0.149. The minimum atomic E-state index is -1.33. The van der Waals surface area contributed by atoms with Crippen molar-refractivity contribution in [2.75, 3.05) is 20.3 Å². The van der Waals surface area contributed by atoms with E-state index in [4.69, 9.17) is 4.74 Å². The lowest BCUT2D eigenvalue weighted by atomic mass is 10.2. The molecule has 6 heteroatoms. The first kappa shape index (κ1) is 17.0. The van der Waals surface area contributed by atoms with Crippen LogP contribution in [0.2, 0.25) is 0 Å². The molecule has 2 N–H and O–H groups in total. The largest absolute Gasteiger partial charge is 0.494 e. The van der Waals surface area contributed by atoms with E-state index in [0.29, 0.717) is 13.0 Å². The number of aliphatic hydroxyl groups excluding tert-OH is 1. The quantitative estimate of drug-likeness (QED) is 0.547. The topological polar surface area (TPSA) is 84.9 Å². The Hall–Kier alpha value is -2.08. The van der Waals surface area contributed by atoms with Gasteiger partial charge in [0.2, 0.25) is 5.91 Å². The number of amides is 1. The maximum Gasteiger partial charge on any atom is 0.336 e. The zero-order chi connectivity index (χ0) is 15.7. The molecule has 21 heavy (non-hydrogen) atoms. The number of carbonyl (C=O) groups excluding carboxylic acids is 2. The highest BCUT2D eigenvalue weighted by Gasteiger charge is 2.15. The van der Waals surface area contributed by atoms with Crippen molar-refractivity contribution in [3.63, 3.8) is 0 Å². The summed E-state index contributed by atoms with van der Waals surface area (Å²) >= 11 is 0. The van der Waals surface area contributed by atoms with Gasteiger partial charge < -0.3 is 19.9 Å². The molecule has 0 spiro atoms. The lowest BCUT2D eigenvalue weighted by Gasteiger charge is -2.10. The highest BCUT2D eigenvalue weighted by molar-refractivity contribution is 5.78. The molecular weight excluding hydrogens is 274 g/mol. The van der Waals surface area contributed by atoms with Crippen molar-refractivity contribution in [3.05, 3.63) is 29.8 Å². The number of benzene rings is 1. The van der Waals surface area contributed by atoms with Crippen LogP contribution in [-0.4, -0.2) is 43.3 Å². The van der Waals surface area contributed by atoms with Crippen LogP contribution in [0.1, 0.15) is 18.4 Å². The van der Waals surface area contributed by atoms with Crippen molar-refractivity contribution in [1.82, 2.24) is 5.32 Å². The van der Waals surface area contributed by atoms with Crippen LogP contribution >= 0.6 is 0 Å². The van der Waals surface area contributed by atoms with Gasteiger partial charge in [0.15, 0.2) is 6.10 Å². The highest BCUT2D eigenvalue weighted by Crippen LogP contribution is 2.12. The SMILES string of the molecule is COC(=O)C(O)CNC(=O)CCCOc1cccc(C)c1. The summed E-state index contributed by atoms with van der Waals surface area (Å²) in [6.07, 6.45) is -0.518. The van der Waals surface area contributed by atoms with Gasteiger partial charge in [-0.3, -0.25) is 4.79 Å². The summed E-state index contributed by atoms with van der Waals surface area (Å²) in [4.78, 5) is 22.4. The number of nitrogens with one attached hydrogen (secondary N) is 1. The molecule has 0 aliphatic rings. The van der Waals surface area contributed by atoms with Crippen LogP contribution in [0.15, 0.2) is 24.3 Å². The Balaban J connectivity index is 2.15. The molecular formula is C15H21NO5. The molecule has 0 aliphatic heterocycles. The molecule has 1 aromatic rings. The van der Waals surface area contributed by atoms with Gasteiger partial charge in [-0.25, -0.2) is 4.79 Å². The molecule has 1 unspecified atom stereocenters. The van der Waals surface area contributed by atoms with Gasteiger partial charge in [-0.2, -0.15) is 0 Å². The molecule has 0 saturated heterocycles. The van der Waals surface area contributed by atoms with Gasteiger partial charge in [0.1, 0.15) is 5.75 Å². The number of aryl methyl sites for hydroxylation is 1. The van der Waals surface area contributed by atoms with E-state index >= 15 is 0 Å². The molecule has 6 nitrogen and oxygen atoms in total. The van der Waals surface area contributed by atoms with Crippen LogP contribution in [-0.2, 0) is 14.3 Å². The summed E-state index contributed by atoms with van der Waals surface area (Å²) in [7, 11) is 1.18. The molecule has 1 atom stereocenters. The predicted molar refractivity (Wildman–Crippen MR) is 76.9 cm³/mol. The number of methoxy groups -OCH3 is 1. The van der Waals surface area contributed by atoms with Crippen LogP contribution < -0.4 is 10.1 Å². The first-order valence-corrected chi connectivity index (χ1v) is 6.75. The van der Waals surface area contributed by atoms with Crippen molar-refractivity contribution < 1.29 is 24.2 Å². The second-order valence-corrected chi connectivity index (χ2v) is 4.61. The van der Waals surface area contributed by atoms with Gasteiger partial charge in [0.05, 0.1) is 20.3 Å². The zero-order valence-electron chi connectivity index (χ0n) is 12.3. The second-order valence-electron chi connectivity index (χ2n) is 4.61. The van der Waals surface area contributed by atoms with Gasteiger partial charge in [0.25, 0.3) is 0 Å². The van der Waals surface area contributed by atoms with Gasteiger partial charge in [0, 0.05) is 6.42 Å². The standard InChI is InChI=1S/C15H21NO5/c1-11-5-3-6-12(9-11)21-8-4-7-14(18)16-10-13(17)15(19)20-2/h3,5-6,9,13,17H,4,7-8,10H2,1-2H3,(H,16,18). The van der Waals surface area contributed by atoms with E-state index in [0.717, 1.165) is 11.3 Å². The van der Waals surface area contributed by atoms with Crippen molar-refractivity contribution >= 4 is 11.9 Å². The molecule has 0 heterocycles. The molecule has 0 fully saturated rings. The Morgan fingerprint density at radius 3 is 2.81 bits per heavy atom. The maximum atomic E-state index is 11.5. The Morgan fingerprint density at radius 1 is 1.38 bits per heavy atom. The third kappa shape index (κ3) is 6.76. The number of hydrogen-bond donors (Lipinski definition) is 2. The molecule has 1 amide bonds. The van der Waals surface area contributed by atoms with Crippen molar-refractivity contribution in [2.45, 2.75) is 25.9 Å². The first-order valence-electron chi connectivity index (χ1n) is 6.75. The Labute approximate surface area is 124 Å². The van der Waals surface area contributed by atoms with E-state index in [1.807, 2.05) is 31.2 Å². The Morgan fingerprint density at radius 2 is 2.14 bits per heavy atom. The number of rotatable bonds is 8. The maximum absolute atomic E-state index is 11.5. The molecule has 1 aromatic carbocycles. The van der Waals surface area contributed by atoms with E-state index in [-0.39, 0.29) is 18.9 Å². The Kier molecular flexibility index (Phi) is 7.25. The number of carbonyl (C=O) groups is 2. The van der Waals surface area contributed by atoms with E-state index in [2.05, 4.69) is 10.1 Å².